The Bertz CT molecular complexity index is 781. The van der Waals surface area contributed by atoms with Crippen LogP contribution in [0.4, 0.5) is 5.82 Å². The Balaban J connectivity index is 1.48. The first kappa shape index (κ1) is 17.7. The largest absolute Gasteiger partial charge is 0.385 e. The van der Waals surface area contributed by atoms with E-state index in [1.54, 1.807) is 0 Å². The number of rotatable bonds is 3. The minimum atomic E-state index is -0.799. The van der Waals surface area contributed by atoms with Crippen molar-refractivity contribution in [2.45, 2.75) is 50.2 Å². The zero-order valence-corrected chi connectivity index (χ0v) is 15.8. The first-order valence-electron chi connectivity index (χ1n) is 9.27. The van der Waals surface area contributed by atoms with E-state index in [2.05, 4.69) is 20.9 Å². The Kier molecular flexibility index (Phi) is 4.63. The molecule has 26 heavy (non-hydrogen) atoms. The number of aryl methyl sites for hydroxylation is 1. The third kappa shape index (κ3) is 3.43. The van der Waals surface area contributed by atoms with Crippen molar-refractivity contribution in [3.63, 3.8) is 0 Å². The standard InChI is InChI=1S/C20H25ClN4O/c1-13-23-18(14-10-17(22)11-14)12-19(24-13)25-8-6-20(26,7-9-25)15-2-4-16(21)5-3-15/h2-5,12,14,17,26H,6-11,22H2,1H3. The highest BCUT2D eigenvalue weighted by Crippen LogP contribution is 2.37. The van der Waals surface area contributed by atoms with Gasteiger partial charge in [0.15, 0.2) is 0 Å². The van der Waals surface area contributed by atoms with Crippen LogP contribution in [-0.4, -0.2) is 34.2 Å². The Hall–Kier alpha value is -1.69. The molecule has 2 fully saturated rings. The van der Waals surface area contributed by atoms with Gasteiger partial charge in [0, 0.05) is 41.8 Å². The number of nitrogens with zero attached hydrogens (tertiary/aromatic N) is 3. The van der Waals surface area contributed by atoms with Gasteiger partial charge in [-0.15, -0.1) is 0 Å². The maximum absolute atomic E-state index is 11.1. The monoisotopic (exact) mass is 372 g/mol. The number of aliphatic hydroxyl groups is 1. The van der Waals surface area contributed by atoms with Gasteiger partial charge in [-0.05, 0) is 50.3 Å². The SMILES string of the molecule is Cc1nc(C2CC(N)C2)cc(N2CCC(O)(c3ccc(Cl)cc3)CC2)n1. The van der Waals surface area contributed by atoms with Crippen LogP contribution in [-0.2, 0) is 5.60 Å². The van der Waals surface area contributed by atoms with Crippen molar-refractivity contribution in [3.8, 4) is 0 Å². The summed E-state index contributed by atoms with van der Waals surface area (Å²) in [5.41, 5.74) is 7.17. The molecule has 5 nitrogen and oxygen atoms in total. The highest BCUT2D eigenvalue weighted by molar-refractivity contribution is 6.30. The molecular weight excluding hydrogens is 348 g/mol. The number of aromatic nitrogens is 2. The summed E-state index contributed by atoms with van der Waals surface area (Å²) < 4.78 is 0. The molecule has 2 aliphatic rings. The molecule has 0 bridgehead atoms. The smallest absolute Gasteiger partial charge is 0.132 e. The van der Waals surface area contributed by atoms with Crippen LogP contribution in [0.25, 0.3) is 0 Å². The fourth-order valence-corrected chi connectivity index (χ4v) is 4.13. The predicted octanol–water partition coefficient (Wildman–Crippen LogP) is 3.13. The van der Waals surface area contributed by atoms with E-state index in [0.29, 0.717) is 29.8 Å². The topological polar surface area (TPSA) is 75.3 Å². The molecule has 1 saturated carbocycles. The van der Waals surface area contributed by atoms with E-state index in [0.717, 1.165) is 48.8 Å². The normalized spacial score (nSPS) is 25.0. The summed E-state index contributed by atoms with van der Waals surface area (Å²) >= 11 is 5.97. The van der Waals surface area contributed by atoms with E-state index in [1.165, 1.54) is 0 Å². The average Bonchev–Trinajstić information content (AvgIpc) is 2.59. The van der Waals surface area contributed by atoms with Crippen molar-refractivity contribution in [1.29, 1.82) is 0 Å². The molecule has 3 N–H and O–H groups in total. The highest BCUT2D eigenvalue weighted by Gasteiger charge is 2.35. The molecule has 0 atom stereocenters. The molecule has 0 unspecified atom stereocenters. The Morgan fingerprint density at radius 3 is 2.42 bits per heavy atom. The van der Waals surface area contributed by atoms with E-state index < -0.39 is 5.60 Å². The Morgan fingerprint density at radius 1 is 1.15 bits per heavy atom. The molecule has 1 saturated heterocycles. The number of piperidine rings is 1. The van der Waals surface area contributed by atoms with Gasteiger partial charge in [0.2, 0.25) is 0 Å². The fourth-order valence-electron chi connectivity index (χ4n) is 4.00. The maximum Gasteiger partial charge on any atom is 0.132 e. The molecule has 1 aliphatic carbocycles. The molecule has 1 aromatic carbocycles. The van der Waals surface area contributed by atoms with Crippen molar-refractivity contribution >= 4 is 17.4 Å². The number of benzene rings is 1. The van der Waals surface area contributed by atoms with Crippen molar-refractivity contribution < 1.29 is 5.11 Å². The van der Waals surface area contributed by atoms with E-state index in [-0.39, 0.29) is 0 Å². The molecule has 1 aromatic heterocycles. The van der Waals surface area contributed by atoms with Gasteiger partial charge in [-0.25, -0.2) is 9.97 Å². The molecule has 138 valence electrons. The summed E-state index contributed by atoms with van der Waals surface area (Å²) in [6.07, 6.45) is 3.35. The third-order valence-corrected chi connectivity index (χ3v) is 5.99. The Morgan fingerprint density at radius 2 is 1.81 bits per heavy atom. The molecule has 6 heteroatoms. The lowest BCUT2D eigenvalue weighted by molar-refractivity contribution is 0.0116. The average molecular weight is 373 g/mol. The fraction of sp³-hybridized carbons (Fsp3) is 0.500. The van der Waals surface area contributed by atoms with Gasteiger partial charge in [0.05, 0.1) is 5.60 Å². The molecule has 2 aromatic rings. The summed E-state index contributed by atoms with van der Waals surface area (Å²) in [4.78, 5) is 11.5. The molecule has 1 aliphatic heterocycles. The first-order valence-corrected chi connectivity index (χ1v) is 9.65. The van der Waals surface area contributed by atoms with Crippen LogP contribution >= 0.6 is 11.6 Å². The minimum absolute atomic E-state index is 0.308. The summed E-state index contributed by atoms with van der Waals surface area (Å²) in [7, 11) is 0. The highest BCUT2D eigenvalue weighted by atomic mass is 35.5. The van der Waals surface area contributed by atoms with Gasteiger partial charge < -0.3 is 15.7 Å². The van der Waals surface area contributed by atoms with Crippen LogP contribution in [0.1, 0.15) is 48.7 Å². The van der Waals surface area contributed by atoms with Crippen molar-refractivity contribution in [2.75, 3.05) is 18.0 Å². The molecule has 0 amide bonds. The summed E-state index contributed by atoms with van der Waals surface area (Å²) in [5, 5.41) is 11.7. The van der Waals surface area contributed by atoms with Crippen molar-refractivity contribution in [1.82, 2.24) is 9.97 Å². The van der Waals surface area contributed by atoms with E-state index in [9.17, 15) is 5.11 Å². The number of hydrogen-bond donors (Lipinski definition) is 2. The zero-order valence-electron chi connectivity index (χ0n) is 15.0. The summed E-state index contributed by atoms with van der Waals surface area (Å²) in [5.74, 6) is 2.23. The van der Waals surface area contributed by atoms with Crippen LogP contribution in [0, 0.1) is 6.92 Å². The second kappa shape index (κ2) is 6.80. The van der Waals surface area contributed by atoms with Gasteiger partial charge >= 0.3 is 0 Å². The number of halogens is 1. The van der Waals surface area contributed by atoms with E-state index in [4.69, 9.17) is 17.3 Å². The van der Waals surface area contributed by atoms with E-state index >= 15 is 0 Å². The summed E-state index contributed by atoms with van der Waals surface area (Å²) in [6, 6.07) is 9.93. The first-order chi connectivity index (χ1) is 12.4. The molecular formula is C20H25ClN4O. The zero-order chi connectivity index (χ0) is 18.3. The van der Waals surface area contributed by atoms with Gasteiger partial charge in [-0.2, -0.15) is 0 Å². The minimum Gasteiger partial charge on any atom is -0.385 e. The quantitative estimate of drug-likeness (QED) is 0.865. The van der Waals surface area contributed by atoms with Crippen molar-refractivity contribution in [3.05, 3.63) is 52.4 Å². The van der Waals surface area contributed by atoms with Crippen LogP contribution in [0.15, 0.2) is 30.3 Å². The number of anilines is 1. The number of hydrogen-bond acceptors (Lipinski definition) is 5. The maximum atomic E-state index is 11.1. The second-order valence-electron chi connectivity index (χ2n) is 7.65. The Labute approximate surface area is 159 Å². The molecule has 0 spiro atoms. The van der Waals surface area contributed by atoms with Gasteiger partial charge in [-0.1, -0.05) is 23.7 Å². The van der Waals surface area contributed by atoms with Crippen LogP contribution in [0.3, 0.4) is 0 Å². The summed E-state index contributed by atoms with van der Waals surface area (Å²) in [6.45, 7) is 3.47. The molecule has 2 heterocycles. The van der Waals surface area contributed by atoms with Gasteiger partial charge in [0.1, 0.15) is 11.6 Å². The predicted molar refractivity (Wildman–Crippen MR) is 104 cm³/mol. The van der Waals surface area contributed by atoms with Crippen LogP contribution in [0.2, 0.25) is 5.02 Å². The van der Waals surface area contributed by atoms with E-state index in [1.807, 2.05) is 31.2 Å². The number of nitrogens with two attached hydrogens (primary N) is 1. The second-order valence-corrected chi connectivity index (χ2v) is 8.09. The lowest BCUT2D eigenvalue weighted by Gasteiger charge is -2.39. The van der Waals surface area contributed by atoms with Gasteiger partial charge in [-0.3, -0.25) is 0 Å². The third-order valence-electron chi connectivity index (χ3n) is 5.73. The van der Waals surface area contributed by atoms with Gasteiger partial charge in [0.25, 0.3) is 0 Å². The lowest BCUT2D eigenvalue weighted by Crippen LogP contribution is -2.43. The van der Waals surface area contributed by atoms with Crippen LogP contribution < -0.4 is 10.6 Å². The molecule has 0 radical (unpaired) electrons. The lowest BCUT2D eigenvalue weighted by atomic mass is 9.78. The molecule has 4 rings (SSSR count). The van der Waals surface area contributed by atoms with Crippen molar-refractivity contribution in [2.24, 2.45) is 5.73 Å². The van der Waals surface area contributed by atoms with Crippen LogP contribution in [0.5, 0.6) is 0 Å².